The van der Waals surface area contributed by atoms with Gasteiger partial charge in [0.25, 0.3) is 0 Å². The lowest BCUT2D eigenvalue weighted by atomic mass is 9.94. The number of hydrogen-bond donors (Lipinski definition) is 0. The number of benzene rings is 6. The maximum atomic E-state index is 2.45. The third-order valence-corrected chi connectivity index (χ3v) is 7.92. The van der Waals surface area contributed by atoms with Crippen LogP contribution in [-0.2, 0) is 0 Å². The summed E-state index contributed by atoms with van der Waals surface area (Å²) in [5, 5.41) is 4.86. The summed E-state index contributed by atoms with van der Waals surface area (Å²) in [5.74, 6) is 0.539. The van der Waals surface area contributed by atoms with Crippen LogP contribution in [0, 0.1) is 5.92 Å². The molecule has 2 heteroatoms. The van der Waals surface area contributed by atoms with E-state index in [0.717, 1.165) is 23.5 Å². The minimum Gasteiger partial charge on any atom is -0.310 e. The molecule has 0 amide bonds. The highest BCUT2D eigenvalue weighted by Crippen LogP contribution is 2.50. The molecule has 198 valence electrons. The van der Waals surface area contributed by atoms with E-state index in [1.165, 1.54) is 38.6 Å². The first kappa shape index (κ1) is 24.9. The molecule has 0 N–H and O–H groups in total. The smallest absolute Gasteiger partial charge is 0.0619 e. The Kier molecular flexibility index (Phi) is 6.58. The normalized spacial score (nSPS) is 14.7. The van der Waals surface area contributed by atoms with Crippen LogP contribution in [0.15, 0.2) is 163 Å². The standard InChI is InChI=1S/C39H32N2/c1-29-25-27-33(28-26-29)41(32-19-9-4-10-20-32)39-36-23-13-11-21-34(36)38(35-22-12-14-24-37(35)39)40(30-15-5-2-6-16-30)31-17-7-3-8-18-31/h2-25,27-29H,26H2,1H3. The van der Waals surface area contributed by atoms with Crippen LogP contribution >= 0.6 is 0 Å². The summed E-state index contributed by atoms with van der Waals surface area (Å²) in [6, 6.07) is 49.9. The van der Waals surface area contributed by atoms with Gasteiger partial charge in [-0.2, -0.15) is 0 Å². The van der Waals surface area contributed by atoms with Gasteiger partial charge >= 0.3 is 0 Å². The highest BCUT2D eigenvalue weighted by molar-refractivity contribution is 6.22. The summed E-state index contributed by atoms with van der Waals surface area (Å²) in [7, 11) is 0. The molecule has 6 aromatic rings. The first-order valence-electron chi connectivity index (χ1n) is 14.4. The molecular formula is C39H32N2. The van der Waals surface area contributed by atoms with Crippen LogP contribution in [0.25, 0.3) is 21.5 Å². The highest BCUT2D eigenvalue weighted by Gasteiger charge is 2.25. The van der Waals surface area contributed by atoms with Crippen LogP contribution < -0.4 is 9.80 Å². The molecule has 1 aliphatic rings. The van der Waals surface area contributed by atoms with Crippen LogP contribution in [0.1, 0.15) is 13.3 Å². The van der Waals surface area contributed by atoms with E-state index in [1.54, 1.807) is 0 Å². The molecule has 7 rings (SSSR count). The average Bonchev–Trinajstić information content (AvgIpc) is 3.04. The van der Waals surface area contributed by atoms with Crippen LogP contribution in [-0.4, -0.2) is 0 Å². The van der Waals surface area contributed by atoms with Gasteiger partial charge in [-0.25, -0.2) is 0 Å². The van der Waals surface area contributed by atoms with E-state index in [9.17, 15) is 0 Å². The Morgan fingerprint density at radius 2 is 0.829 bits per heavy atom. The SMILES string of the molecule is CC1C=CC(N(c2ccccc2)c2c3ccccc3c(N(c3ccccc3)c3ccccc3)c3ccccc23)=CC1. The van der Waals surface area contributed by atoms with Gasteiger partial charge in [0, 0.05) is 44.3 Å². The fraction of sp³-hybridized carbons (Fsp3) is 0.0769. The largest absolute Gasteiger partial charge is 0.310 e. The highest BCUT2D eigenvalue weighted by atomic mass is 15.2. The summed E-state index contributed by atoms with van der Waals surface area (Å²) in [4.78, 5) is 4.86. The van der Waals surface area contributed by atoms with Crippen molar-refractivity contribution in [1.82, 2.24) is 0 Å². The van der Waals surface area contributed by atoms with E-state index in [0.29, 0.717) is 5.92 Å². The predicted molar refractivity (Wildman–Crippen MR) is 176 cm³/mol. The molecule has 1 unspecified atom stereocenters. The zero-order valence-electron chi connectivity index (χ0n) is 23.2. The Balaban J connectivity index is 1.59. The Labute approximate surface area is 242 Å². The molecule has 2 nitrogen and oxygen atoms in total. The lowest BCUT2D eigenvalue weighted by molar-refractivity contribution is 0.728. The van der Waals surface area contributed by atoms with Crippen molar-refractivity contribution in [1.29, 1.82) is 0 Å². The zero-order chi connectivity index (χ0) is 27.6. The first-order valence-corrected chi connectivity index (χ1v) is 14.4. The van der Waals surface area contributed by atoms with E-state index in [1.807, 2.05) is 0 Å². The summed E-state index contributed by atoms with van der Waals surface area (Å²) in [6.45, 7) is 2.28. The number of anilines is 5. The molecule has 0 aromatic heterocycles. The molecule has 0 radical (unpaired) electrons. The molecule has 0 spiro atoms. The molecule has 1 atom stereocenters. The third-order valence-electron chi connectivity index (χ3n) is 7.92. The van der Waals surface area contributed by atoms with Crippen molar-refractivity contribution in [3.05, 3.63) is 163 Å². The molecule has 1 aliphatic carbocycles. The van der Waals surface area contributed by atoms with Crippen molar-refractivity contribution < 1.29 is 0 Å². The van der Waals surface area contributed by atoms with Gasteiger partial charge in [0.1, 0.15) is 0 Å². The van der Waals surface area contributed by atoms with E-state index in [-0.39, 0.29) is 0 Å². The van der Waals surface area contributed by atoms with Crippen molar-refractivity contribution >= 4 is 50.0 Å². The number of rotatable bonds is 6. The van der Waals surface area contributed by atoms with Gasteiger partial charge in [-0.3, -0.25) is 0 Å². The maximum Gasteiger partial charge on any atom is 0.0619 e. The van der Waals surface area contributed by atoms with Gasteiger partial charge in [-0.1, -0.05) is 122 Å². The Hall–Kier alpha value is -5.08. The molecule has 41 heavy (non-hydrogen) atoms. The Bertz CT molecular complexity index is 1780. The average molecular weight is 529 g/mol. The number of allylic oxidation sites excluding steroid dienone is 3. The first-order chi connectivity index (χ1) is 20.3. The lowest BCUT2D eigenvalue weighted by Gasteiger charge is -2.33. The third kappa shape index (κ3) is 4.58. The Morgan fingerprint density at radius 1 is 0.463 bits per heavy atom. The summed E-state index contributed by atoms with van der Waals surface area (Å²) in [6.07, 6.45) is 8.03. The van der Waals surface area contributed by atoms with Crippen molar-refractivity contribution in [3.63, 3.8) is 0 Å². The van der Waals surface area contributed by atoms with E-state index < -0.39 is 0 Å². The molecule has 0 aliphatic heterocycles. The van der Waals surface area contributed by atoms with Crippen molar-refractivity contribution in [2.75, 3.05) is 9.80 Å². The molecule has 0 bridgehead atoms. The lowest BCUT2D eigenvalue weighted by Crippen LogP contribution is -2.19. The van der Waals surface area contributed by atoms with Gasteiger partial charge in [-0.05, 0) is 54.8 Å². The quantitative estimate of drug-likeness (QED) is 0.157. The predicted octanol–water partition coefficient (Wildman–Crippen LogP) is 11.1. The van der Waals surface area contributed by atoms with E-state index >= 15 is 0 Å². The number of para-hydroxylation sites is 3. The second-order valence-corrected chi connectivity index (χ2v) is 10.7. The summed E-state index contributed by atoms with van der Waals surface area (Å²) in [5.41, 5.74) is 7.02. The maximum absolute atomic E-state index is 2.45. The molecular weight excluding hydrogens is 496 g/mol. The Morgan fingerprint density at radius 3 is 1.22 bits per heavy atom. The van der Waals surface area contributed by atoms with Gasteiger partial charge < -0.3 is 9.80 Å². The van der Waals surface area contributed by atoms with Gasteiger partial charge in [0.05, 0.1) is 11.4 Å². The summed E-state index contributed by atoms with van der Waals surface area (Å²) < 4.78 is 0. The fourth-order valence-electron chi connectivity index (χ4n) is 5.99. The van der Waals surface area contributed by atoms with Crippen LogP contribution in [0.5, 0.6) is 0 Å². The van der Waals surface area contributed by atoms with Gasteiger partial charge in [0.2, 0.25) is 0 Å². The van der Waals surface area contributed by atoms with Crippen molar-refractivity contribution in [2.24, 2.45) is 5.92 Å². The summed E-state index contributed by atoms with van der Waals surface area (Å²) >= 11 is 0. The zero-order valence-corrected chi connectivity index (χ0v) is 23.2. The van der Waals surface area contributed by atoms with Crippen molar-refractivity contribution in [2.45, 2.75) is 13.3 Å². The minimum atomic E-state index is 0.539. The van der Waals surface area contributed by atoms with Crippen LogP contribution in [0.4, 0.5) is 28.4 Å². The molecule has 0 saturated heterocycles. The number of nitrogens with zero attached hydrogens (tertiary/aromatic N) is 2. The fourth-order valence-corrected chi connectivity index (χ4v) is 5.99. The monoisotopic (exact) mass is 528 g/mol. The van der Waals surface area contributed by atoms with E-state index in [4.69, 9.17) is 0 Å². The topological polar surface area (TPSA) is 6.48 Å². The molecule has 0 fully saturated rings. The molecule has 6 aromatic carbocycles. The van der Waals surface area contributed by atoms with Gasteiger partial charge in [0.15, 0.2) is 0 Å². The number of fused-ring (bicyclic) bond motifs is 2. The second kappa shape index (κ2) is 10.8. The van der Waals surface area contributed by atoms with Gasteiger partial charge in [-0.15, -0.1) is 0 Å². The molecule has 0 saturated carbocycles. The molecule has 0 heterocycles. The van der Waals surface area contributed by atoms with Crippen LogP contribution in [0.3, 0.4) is 0 Å². The minimum absolute atomic E-state index is 0.539. The van der Waals surface area contributed by atoms with Crippen molar-refractivity contribution in [3.8, 4) is 0 Å². The second-order valence-electron chi connectivity index (χ2n) is 10.7. The number of hydrogen-bond acceptors (Lipinski definition) is 2. The van der Waals surface area contributed by atoms with E-state index in [2.05, 4.69) is 174 Å². The van der Waals surface area contributed by atoms with Crippen LogP contribution in [0.2, 0.25) is 0 Å².